The predicted molar refractivity (Wildman–Crippen MR) is 109 cm³/mol. The van der Waals surface area contributed by atoms with Crippen LogP contribution in [0.4, 0.5) is 0 Å². The summed E-state index contributed by atoms with van der Waals surface area (Å²) < 4.78 is 0. The van der Waals surface area contributed by atoms with Crippen LogP contribution in [0.3, 0.4) is 0 Å². The SMILES string of the molecule is CC(C)CC=C(C=Cc1ccc(Cl)c(Cl)c1)NOC[C@H](O)CNC1CC1. The third-order valence-electron chi connectivity index (χ3n) is 3.89. The van der Waals surface area contributed by atoms with Crippen molar-refractivity contribution >= 4 is 29.3 Å². The van der Waals surface area contributed by atoms with Crippen molar-refractivity contribution in [1.29, 1.82) is 0 Å². The molecule has 1 aliphatic carbocycles. The summed E-state index contributed by atoms with van der Waals surface area (Å²) in [6.07, 6.45) is 8.73. The Morgan fingerprint density at radius 1 is 1.31 bits per heavy atom. The summed E-state index contributed by atoms with van der Waals surface area (Å²) >= 11 is 12.0. The minimum absolute atomic E-state index is 0.222. The molecule has 0 spiro atoms. The van der Waals surface area contributed by atoms with Crippen LogP contribution in [-0.4, -0.2) is 30.4 Å². The number of rotatable bonds is 11. The van der Waals surface area contributed by atoms with Crippen LogP contribution in [0.25, 0.3) is 6.08 Å². The number of nitrogens with one attached hydrogen (secondary N) is 2. The molecule has 0 amide bonds. The summed E-state index contributed by atoms with van der Waals surface area (Å²) in [5.74, 6) is 0.540. The molecular formula is C20H28Cl2N2O2. The number of hydrogen-bond donors (Lipinski definition) is 3. The van der Waals surface area contributed by atoms with Gasteiger partial charge in [-0.3, -0.25) is 10.3 Å². The number of hydroxylamine groups is 1. The standard InChI is InChI=1S/C20H28Cl2N2O2/c1-14(2)3-6-17(7-4-15-5-10-19(21)20(22)11-15)24-26-13-18(25)12-23-16-8-9-16/h4-7,10-11,14,16,18,23-25H,3,8-9,12-13H2,1-2H3/t18-/m1/s1. The molecule has 0 aliphatic heterocycles. The summed E-state index contributed by atoms with van der Waals surface area (Å²) in [5, 5.41) is 14.3. The zero-order valence-electron chi connectivity index (χ0n) is 15.3. The first-order valence-corrected chi connectivity index (χ1v) is 9.82. The van der Waals surface area contributed by atoms with Gasteiger partial charge in [-0.25, -0.2) is 0 Å². The average molecular weight is 399 g/mol. The molecule has 0 saturated heterocycles. The lowest BCUT2D eigenvalue weighted by Crippen LogP contribution is -2.33. The molecule has 144 valence electrons. The van der Waals surface area contributed by atoms with E-state index in [1.807, 2.05) is 24.3 Å². The molecule has 1 aromatic carbocycles. The molecular weight excluding hydrogens is 371 g/mol. The van der Waals surface area contributed by atoms with Crippen LogP contribution in [0.5, 0.6) is 0 Å². The highest BCUT2D eigenvalue weighted by Gasteiger charge is 2.21. The predicted octanol–water partition coefficient (Wildman–Crippen LogP) is 4.57. The first-order chi connectivity index (χ1) is 12.4. The van der Waals surface area contributed by atoms with Gasteiger partial charge in [-0.1, -0.05) is 55.3 Å². The molecule has 3 N–H and O–H groups in total. The first-order valence-electron chi connectivity index (χ1n) is 9.06. The Morgan fingerprint density at radius 3 is 2.73 bits per heavy atom. The molecule has 1 atom stereocenters. The van der Waals surface area contributed by atoms with Gasteiger partial charge in [0.05, 0.1) is 21.8 Å². The van der Waals surface area contributed by atoms with Crippen molar-refractivity contribution < 1.29 is 9.94 Å². The highest BCUT2D eigenvalue weighted by atomic mass is 35.5. The van der Waals surface area contributed by atoms with E-state index in [4.69, 9.17) is 28.0 Å². The first kappa shape index (κ1) is 21.3. The maximum atomic E-state index is 9.93. The van der Waals surface area contributed by atoms with Crippen molar-refractivity contribution in [1.82, 2.24) is 10.8 Å². The van der Waals surface area contributed by atoms with E-state index in [9.17, 15) is 5.11 Å². The molecule has 1 saturated carbocycles. The van der Waals surface area contributed by atoms with E-state index in [0.29, 0.717) is 28.5 Å². The van der Waals surface area contributed by atoms with Crippen LogP contribution >= 0.6 is 23.2 Å². The van der Waals surface area contributed by atoms with Gasteiger partial charge >= 0.3 is 0 Å². The Hall–Kier alpha value is -1.04. The topological polar surface area (TPSA) is 53.5 Å². The third-order valence-corrected chi connectivity index (χ3v) is 4.63. The van der Waals surface area contributed by atoms with Gasteiger partial charge in [-0.2, -0.15) is 0 Å². The fraction of sp³-hybridized carbons (Fsp3) is 0.500. The minimum atomic E-state index is -0.534. The van der Waals surface area contributed by atoms with Crippen molar-refractivity contribution in [2.75, 3.05) is 13.2 Å². The second kappa shape index (κ2) is 11.0. The van der Waals surface area contributed by atoms with Crippen LogP contribution in [0.1, 0.15) is 38.7 Å². The molecule has 26 heavy (non-hydrogen) atoms. The molecule has 0 radical (unpaired) electrons. The van der Waals surface area contributed by atoms with Gasteiger partial charge in [0.15, 0.2) is 0 Å². The van der Waals surface area contributed by atoms with E-state index < -0.39 is 6.10 Å². The highest BCUT2D eigenvalue weighted by molar-refractivity contribution is 6.42. The number of benzene rings is 1. The summed E-state index contributed by atoms with van der Waals surface area (Å²) in [6, 6.07) is 6.06. The fourth-order valence-corrected chi connectivity index (χ4v) is 2.49. The molecule has 6 heteroatoms. The van der Waals surface area contributed by atoms with Gasteiger partial charge < -0.3 is 10.4 Å². The van der Waals surface area contributed by atoms with Crippen molar-refractivity contribution in [3.8, 4) is 0 Å². The quantitative estimate of drug-likeness (QED) is 0.377. The number of aliphatic hydroxyl groups is 1. The van der Waals surface area contributed by atoms with Gasteiger partial charge in [0, 0.05) is 12.6 Å². The van der Waals surface area contributed by atoms with E-state index in [-0.39, 0.29) is 6.61 Å². The van der Waals surface area contributed by atoms with Crippen LogP contribution in [0, 0.1) is 5.92 Å². The Morgan fingerprint density at radius 2 is 2.08 bits per heavy atom. The van der Waals surface area contributed by atoms with Crippen molar-refractivity contribution in [2.24, 2.45) is 5.92 Å². The number of aliphatic hydroxyl groups excluding tert-OH is 1. The van der Waals surface area contributed by atoms with Crippen LogP contribution < -0.4 is 10.8 Å². The molecule has 0 aromatic heterocycles. The van der Waals surface area contributed by atoms with Gasteiger partial charge in [0.1, 0.15) is 6.61 Å². The van der Waals surface area contributed by atoms with Crippen LogP contribution in [-0.2, 0) is 4.84 Å². The van der Waals surface area contributed by atoms with E-state index >= 15 is 0 Å². The largest absolute Gasteiger partial charge is 0.389 e. The van der Waals surface area contributed by atoms with Crippen molar-refractivity contribution in [3.05, 3.63) is 51.7 Å². The third kappa shape index (κ3) is 8.56. The van der Waals surface area contributed by atoms with E-state index in [1.165, 1.54) is 12.8 Å². The highest BCUT2D eigenvalue weighted by Crippen LogP contribution is 2.23. The van der Waals surface area contributed by atoms with Crippen molar-refractivity contribution in [3.63, 3.8) is 0 Å². The maximum Gasteiger partial charge on any atom is 0.102 e. The summed E-state index contributed by atoms with van der Waals surface area (Å²) in [5.41, 5.74) is 4.72. The van der Waals surface area contributed by atoms with E-state index in [0.717, 1.165) is 17.7 Å². The number of allylic oxidation sites excluding steroid dienone is 2. The zero-order chi connectivity index (χ0) is 18.9. The Kier molecular flexibility index (Phi) is 8.96. The molecule has 0 unspecified atom stereocenters. The second-order valence-electron chi connectivity index (χ2n) is 7.05. The lowest BCUT2D eigenvalue weighted by molar-refractivity contribution is -0.00380. The lowest BCUT2D eigenvalue weighted by Gasteiger charge is -2.14. The summed E-state index contributed by atoms with van der Waals surface area (Å²) in [4.78, 5) is 5.47. The average Bonchev–Trinajstić information content (AvgIpc) is 3.42. The molecule has 1 fully saturated rings. The molecule has 2 rings (SSSR count). The van der Waals surface area contributed by atoms with Gasteiger partial charge in [-0.05, 0) is 49.0 Å². The van der Waals surface area contributed by atoms with Crippen LogP contribution in [0.2, 0.25) is 10.0 Å². The number of hydrogen-bond acceptors (Lipinski definition) is 4. The molecule has 1 aliphatic rings. The van der Waals surface area contributed by atoms with Crippen molar-refractivity contribution in [2.45, 2.75) is 45.3 Å². The maximum absolute atomic E-state index is 9.93. The fourth-order valence-electron chi connectivity index (χ4n) is 2.18. The van der Waals surface area contributed by atoms with E-state index in [1.54, 1.807) is 6.07 Å². The zero-order valence-corrected chi connectivity index (χ0v) is 16.9. The Labute approximate surface area is 166 Å². The monoisotopic (exact) mass is 398 g/mol. The van der Waals surface area contributed by atoms with E-state index in [2.05, 4.69) is 30.7 Å². The minimum Gasteiger partial charge on any atom is -0.389 e. The van der Waals surface area contributed by atoms with Gasteiger partial charge in [0.2, 0.25) is 0 Å². The molecule has 1 aromatic rings. The smallest absolute Gasteiger partial charge is 0.102 e. The normalized spacial score (nSPS) is 16.5. The Bertz CT molecular complexity index is 628. The van der Waals surface area contributed by atoms with Gasteiger partial charge in [0.25, 0.3) is 0 Å². The number of halogens is 2. The summed E-state index contributed by atoms with van der Waals surface area (Å²) in [6.45, 7) is 5.09. The second-order valence-corrected chi connectivity index (χ2v) is 7.86. The molecule has 0 heterocycles. The van der Waals surface area contributed by atoms with Crippen LogP contribution in [0.15, 0.2) is 36.0 Å². The van der Waals surface area contributed by atoms with Gasteiger partial charge in [-0.15, -0.1) is 0 Å². The lowest BCUT2D eigenvalue weighted by atomic mass is 10.1. The molecule has 0 bridgehead atoms. The molecule has 4 nitrogen and oxygen atoms in total. The summed E-state index contributed by atoms with van der Waals surface area (Å²) in [7, 11) is 0. The Balaban J connectivity index is 1.86.